The van der Waals surface area contributed by atoms with Crippen LogP contribution >= 0.6 is 34.4 Å². The lowest BCUT2D eigenvalue weighted by Gasteiger charge is -2.33. The normalized spacial score (nSPS) is 16.8. The van der Waals surface area contributed by atoms with Crippen LogP contribution in [0.4, 0.5) is 28.4 Å². The third kappa shape index (κ3) is 6.70. The molecule has 0 saturated heterocycles. The zero-order valence-electron chi connectivity index (χ0n) is 35.4. The van der Waals surface area contributed by atoms with E-state index in [0.717, 1.165) is 6.42 Å². The number of benzene rings is 7. The first-order valence-corrected chi connectivity index (χ1v) is 23.5. The molecular weight excluding hydrogens is 884 g/mol. The average Bonchev–Trinajstić information content (AvgIpc) is 3.39. The molecule has 62 heavy (non-hydrogen) atoms. The third-order valence-electron chi connectivity index (χ3n) is 13.1. The first-order chi connectivity index (χ1) is 30.1. The molecule has 1 atom stereocenters. The first-order valence-electron chi connectivity index (χ1n) is 21.6. The smallest absolute Gasteiger partial charge is 0.0601 e. The summed E-state index contributed by atoms with van der Waals surface area (Å²) in [7, 11) is 0. The minimum Gasteiger partial charge on any atom is -0.310 e. The lowest BCUT2D eigenvalue weighted by atomic mass is 9.81. The van der Waals surface area contributed by atoms with Crippen molar-refractivity contribution in [1.29, 1.82) is 0 Å². The highest BCUT2D eigenvalue weighted by molar-refractivity contribution is 14.1. The first kappa shape index (κ1) is 39.1. The predicted octanol–water partition coefficient (Wildman–Crippen LogP) is 17.0. The van der Waals surface area contributed by atoms with E-state index in [9.17, 15) is 0 Å². The maximum Gasteiger partial charge on any atom is 0.0601 e. The van der Waals surface area contributed by atoms with Crippen LogP contribution in [0.15, 0.2) is 185 Å². The van der Waals surface area contributed by atoms with Gasteiger partial charge in [0.1, 0.15) is 0 Å². The highest BCUT2D eigenvalue weighted by Crippen LogP contribution is 2.55. The summed E-state index contributed by atoms with van der Waals surface area (Å²) < 4.78 is -0.0392. The Hall–Kier alpha value is -5.82. The lowest BCUT2D eigenvalue weighted by molar-refractivity contribution is 0.660. The minimum atomic E-state index is -0.146. The number of hydrogen-bond acceptors (Lipinski definition) is 3. The molecule has 0 spiro atoms. The molecule has 0 saturated carbocycles. The molecule has 2 aliphatic heterocycles. The van der Waals surface area contributed by atoms with Gasteiger partial charge in [-0.05, 0) is 131 Å². The summed E-state index contributed by atoms with van der Waals surface area (Å²) in [4.78, 5) is 7.44. The lowest BCUT2D eigenvalue weighted by Crippen LogP contribution is -2.19. The highest BCUT2D eigenvalue weighted by Gasteiger charge is 2.37. The summed E-state index contributed by atoms with van der Waals surface area (Å²) in [5.41, 5.74) is 20.3. The molecule has 0 fully saturated rings. The Morgan fingerprint density at radius 3 is 1.76 bits per heavy atom. The topological polar surface area (TPSA) is 6.48 Å². The van der Waals surface area contributed by atoms with E-state index in [1.165, 1.54) is 99.6 Å². The van der Waals surface area contributed by atoms with Gasteiger partial charge in [-0.1, -0.05) is 188 Å². The van der Waals surface area contributed by atoms with E-state index in [-0.39, 0.29) is 8.84 Å². The summed E-state index contributed by atoms with van der Waals surface area (Å²) in [5, 5.41) is 0. The molecule has 7 aromatic rings. The molecule has 2 aliphatic carbocycles. The van der Waals surface area contributed by atoms with Crippen molar-refractivity contribution in [2.45, 2.75) is 58.7 Å². The number of anilines is 5. The van der Waals surface area contributed by atoms with Crippen molar-refractivity contribution >= 4 is 87.1 Å². The number of alkyl halides is 1. The molecule has 11 rings (SSSR count). The van der Waals surface area contributed by atoms with Gasteiger partial charge in [-0.2, -0.15) is 0 Å². The van der Waals surface area contributed by atoms with Gasteiger partial charge in [-0.15, -0.1) is 0 Å². The molecule has 0 N–H and O–H groups in total. The quantitative estimate of drug-likeness (QED) is 0.0932. The van der Waals surface area contributed by atoms with E-state index in [1.807, 2.05) is 11.8 Å². The fraction of sp³-hybridized carbons (Fsp3) is 0.138. The Morgan fingerprint density at radius 2 is 1.15 bits per heavy atom. The Bertz CT molecular complexity index is 2970. The van der Waals surface area contributed by atoms with E-state index in [1.54, 1.807) is 0 Å². The van der Waals surface area contributed by atoms with Gasteiger partial charge in [-0.3, -0.25) is 0 Å². The van der Waals surface area contributed by atoms with Crippen LogP contribution < -0.4 is 9.80 Å². The number of rotatable bonds is 6. The number of para-hydroxylation sites is 4. The molecule has 4 heteroatoms. The standard InChI is InChI=1S/C58H47IN2S/c1-57(2)48-35-38(24-33-46(48)47-34-31-44(37-49(47)57)61-53-17-9-11-19-55(53)62-56-20-12-10-18-54(56)61)21-22-39-23-32-45(50(36-39)58(3,4)59)40-27-29-43(30-28-40)60-51-15-7-5-13-41(51)25-26-42-14-6-8-16-52(42)60/h5-27,29-37,40H,28H2,1-4H3/b22-21+. The van der Waals surface area contributed by atoms with Crippen molar-refractivity contribution in [3.8, 4) is 11.1 Å². The van der Waals surface area contributed by atoms with Gasteiger partial charge in [0.2, 0.25) is 0 Å². The van der Waals surface area contributed by atoms with Gasteiger partial charge in [0.25, 0.3) is 0 Å². The maximum atomic E-state index is 2.62. The zero-order chi connectivity index (χ0) is 42.2. The van der Waals surface area contributed by atoms with Crippen LogP contribution in [0.2, 0.25) is 0 Å². The fourth-order valence-electron chi connectivity index (χ4n) is 9.93. The van der Waals surface area contributed by atoms with Gasteiger partial charge in [0.15, 0.2) is 0 Å². The van der Waals surface area contributed by atoms with Gasteiger partial charge in [0.05, 0.1) is 22.7 Å². The van der Waals surface area contributed by atoms with Gasteiger partial charge in [0, 0.05) is 35.9 Å². The number of halogens is 1. The molecule has 4 aliphatic rings. The van der Waals surface area contributed by atoms with Crippen LogP contribution in [0.1, 0.15) is 84.5 Å². The van der Waals surface area contributed by atoms with Crippen molar-refractivity contribution < 1.29 is 0 Å². The van der Waals surface area contributed by atoms with Crippen LogP contribution in [-0.2, 0) is 8.84 Å². The van der Waals surface area contributed by atoms with E-state index in [0.29, 0.717) is 5.92 Å². The van der Waals surface area contributed by atoms with Crippen LogP contribution in [0.25, 0.3) is 35.4 Å². The van der Waals surface area contributed by atoms with Crippen molar-refractivity contribution in [2.24, 2.45) is 0 Å². The summed E-state index contributed by atoms with van der Waals surface area (Å²) in [5.74, 6) is 0.302. The minimum absolute atomic E-state index is 0.0392. The van der Waals surface area contributed by atoms with Crippen molar-refractivity contribution in [3.05, 3.63) is 220 Å². The second-order valence-electron chi connectivity index (χ2n) is 17.8. The van der Waals surface area contributed by atoms with Crippen LogP contribution in [0.3, 0.4) is 0 Å². The van der Waals surface area contributed by atoms with E-state index in [2.05, 4.69) is 254 Å². The molecule has 0 aromatic heterocycles. The van der Waals surface area contributed by atoms with E-state index in [4.69, 9.17) is 0 Å². The molecule has 0 amide bonds. The van der Waals surface area contributed by atoms with Crippen LogP contribution in [0.5, 0.6) is 0 Å². The van der Waals surface area contributed by atoms with E-state index >= 15 is 0 Å². The maximum absolute atomic E-state index is 2.62. The molecule has 7 aromatic carbocycles. The Labute approximate surface area is 384 Å². The van der Waals surface area contributed by atoms with Crippen molar-refractivity contribution in [3.63, 3.8) is 0 Å². The third-order valence-corrected chi connectivity index (χ3v) is 14.8. The molecule has 0 radical (unpaired) electrons. The molecule has 1 unspecified atom stereocenters. The van der Waals surface area contributed by atoms with Crippen LogP contribution in [0, 0.1) is 0 Å². The Morgan fingerprint density at radius 1 is 0.597 bits per heavy atom. The molecule has 302 valence electrons. The highest BCUT2D eigenvalue weighted by atomic mass is 127. The summed E-state index contributed by atoms with van der Waals surface area (Å²) in [6.45, 7) is 9.44. The monoisotopic (exact) mass is 930 g/mol. The van der Waals surface area contributed by atoms with Crippen molar-refractivity contribution in [2.75, 3.05) is 9.80 Å². The van der Waals surface area contributed by atoms with Crippen LogP contribution in [-0.4, -0.2) is 0 Å². The molecule has 0 bridgehead atoms. The van der Waals surface area contributed by atoms with Crippen molar-refractivity contribution in [1.82, 2.24) is 0 Å². The van der Waals surface area contributed by atoms with Gasteiger partial charge < -0.3 is 9.80 Å². The molecule has 2 nitrogen and oxygen atoms in total. The number of nitrogens with zero attached hydrogens (tertiary/aromatic N) is 2. The summed E-state index contributed by atoms with van der Waals surface area (Å²) in [6.07, 6.45) is 17.2. The Balaban J connectivity index is 0.862. The average molecular weight is 931 g/mol. The Kier molecular flexibility index (Phi) is 9.58. The molecular formula is C58H47IN2S. The number of hydrogen-bond donors (Lipinski definition) is 0. The molecule has 2 heterocycles. The summed E-state index contributed by atoms with van der Waals surface area (Å²) in [6, 6.07) is 56.2. The largest absolute Gasteiger partial charge is 0.310 e. The summed E-state index contributed by atoms with van der Waals surface area (Å²) >= 11 is 4.48. The number of fused-ring (bicyclic) bond motifs is 7. The van der Waals surface area contributed by atoms with Gasteiger partial charge >= 0.3 is 0 Å². The van der Waals surface area contributed by atoms with Gasteiger partial charge in [-0.25, -0.2) is 0 Å². The number of allylic oxidation sites excluding steroid dienone is 3. The predicted molar refractivity (Wildman–Crippen MR) is 274 cm³/mol. The van der Waals surface area contributed by atoms with E-state index < -0.39 is 0 Å². The fourth-order valence-corrected chi connectivity index (χ4v) is 11.5. The second-order valence-corrected chi connectivity index (χ2v) is 21.6. The SMILES string of the molecule is CC(C)(I)c1cc(/C=C/c2ccc3c(c2)C(C)(C)c2cc(N4c5ccccc5Sc5ccccc54)ccc2-3)ccc1C1C=CC(N2c3ccccc3C=Cc3ccccc32)=CC1. The zero-order valence-corrected chi connectivity index (χ0v) is 38.4. The second kappa shape index (κ2) is 15.2.